The largest absolute Gasteiger partial charge is 0.318 e. The number of amides is 2. The van der Waals surface area contributed by atoms with E-state index in [4.69, 9.17) is 0 Å². The number of carbonyl (C=O) groups excluding carboxylic acids is 2. The van der Waals surface area contributed by atoms with E-state index in [0.717, 1.165) is 50.0 Å². The number of carbonyl (C=O) groups is 2. The molecule has 0 unspecified atom stereocenters. The molecule has 0 atom stereocenters. The molecule has 4 nitrogen and oxygen atoms in total. The summed E-state index contributed by atoms with van der Waals surface area (Å²) in [5.74, 6) is -0.237. The first-order chi connectivity index (χ1) is 14.3. The minimum absolute atomic E-state index is 0.228. The van der Waals surface area contributed by atoms with Crippen molar-refractivity contribution in [2.45, 2.75) is 27.3 Å². The van der Waals surface area contributed by atoms with Gasteiger partial charge in [-0.05, 0) is 80.1 Å². The number of hydrogen-bond acceptors (Lipinski definition) is 3. The van der Waals surface area contributed by atoms with E-state index in [-0.39, 0.29) is 11.1 Å². The van der Waals surface area contributed by atoms with Gasteiger partial charge in [0.15, 0.2) is 0 Å². The van der Waals surface area contributed by atoms with Crippen LogP contribution in [0.3, 0.4) is 0 Å². The highest BCUT2D eigenvalue weighted by atomic mass is 79.9. The van der Waals surface area contributed by atoms with Crippen LogP contribution in [0.25, 0.3) is 11.8 Å². The van der Waals surface area contributed by atoms with E-state index < -0.39 is 0 Å². The Morgan fingerprint density at radius 2 is 1.63 bits per heavy atom. The number of imide groups is 1. The average molecular weight is 481 g/mol. The molecule has 0 radical (unpaired) electrons. The third-order valence-electron chi connectivity index (χ3n) is 5.18. The lowest BCUT2D eigenvalue weighted by Gasteiger charge is -2.12. The standard InChI is InChI=1S/C24H21BrN2O2S/c1-15-4-6-18(7-5-15)14-26-23(28)22(30-24(26)29)13-19-12-16(2)27(17(19)3)21-10-8-20(25)9-11-21/h4-13H,14H2,1-3H3/b22-13-. The summed E-state index contributed by atoms with van der Waals surface area (Å²) in [6, 6.07) is 18.0. The van der Waals surface area contributed by atoms with Gasteiger partial charge in [0, 0.05) is 21.5 Å². The molecule has 6 heteroatoms. The maximum absolute atomic E-state index is 12.9. The molecule has 1 saturated heterocycles. The first kappa shape index (κ1) is 20.7. The number of hydrogen-bond donors (Lipinski definition) is 0. The minimum Gasteiger partial charge on any atom is -0.318 e. The average Bonchev–Trinajstić information content (AvgIpc) is 3.14. The van der Waals surface area contributed by atoms with E-state index >= 15 is 0 Å². The van der Waals surface area contributed by atoms with E-state index in [1.807, 2.05) is 81.4 Å². The van der Waals surface area contributed by atoms with Gasteiger partial charge in [0.2, 0.25) is 0 Å². The summed E-state index contributed by atoms with van der Waals surface area (Å²) >= 11 is 4.47. The minimum atomic E-state index is -0.237. The van der Waals surface area contributed by atoms with Crippen LogP contribution in [0.1, 0.15) is 28.1 Å². The Hall–Kier alpha value is -2.57. The normalized spacial score (nSPS) is 15.5. The van der Waals surface area contributed by atoms with Crippen LogP contribution < -0.4 is 0 Å². The van der Waals surface area contributed by atoms with Crippen molar-refractivity contribution in [2.24, 2.45) is 0 Å². The monoisotopic (exact) mass is 480 g/mol. The van der Waals surface area contributed by atoms with Crippen molar-refractivity contribution >= 4 is 44.9 Å². The molecule has 2 aromatic carbocycles. The summed E-state index contributed by atoms with van der Waals surface area (Å²) in [6.07, 6.45) is 1.83. The van der Waals surface area contributed by atoms with Crippen LogP contribution in [0.4, 0.5) is 4.79 Å². The number of aryl methyl sites for hydroxylation is 2. The summed E-state index contributed by atoms with van der Waals surface area (Å²) in [5, 5.41) is -0.228. The molecule has 30 heavy (non-hydrogen) atoms. The van der Waals surface area contributed by atoms with E-state index in [2.05, 4.69) is 20.5 Å². The highest BCUT2D eigenvalue weighted by molar-refractivity contribution is 9.10. The van der Waals surface area contributed by atoms with Crippen molar-refractivity contribution in [2.75, 3.05) is 0 Å². The molecular weight excluding hydrogens is 460 g/mol. The third-order valence-corrected chi connectivity index (χ3v) is 6.61. The number of thioether (sulfide) groups is 1. The number of benzene rings is 2. The van der Waals surface area contributed by atoms with Gasteiger partial charge in [-0.25, -0.2) is 0 Å². The molecule has 2 heterocycles. The predicted octanol–water partition coefficient (Wildman–Crippen LogP) is 6.40. The second kappa shape index (κ2) is 8.28. The Morgan fingerprint density at radius 1 is 0.967 bits per heavy atom. The topological polar surface area (TPSA) is 42.3 Å². The highest BCUT2D eigenvalue weighted by Crippen LogP contribution is 2.34. The fraction of sp³-hybridized carbons (Fsp3) is 0.167. The van der Waals surface area contributed by atoms with Crippen molar-refractivity contribution in [3.63, 3.8) is 0 Å². The lowest BCUT2D eigenvalue weighted by Crippen LogP contribution is -2.27. The molecule has 1 aromatic heterocycles. The van der Waals surface area contributed by atoms with Gasteiger partial charge in [-0.2, -0.15) is 0 Å². The van der Waals surface area contributed by atoms with Gasteiger partial charge in [-0.3, -0.25) is 14.5 Å². The van der Waals surface area contributed by atoms with Gasteiger partial charge >= 0.3 is 0 Å². The van der Waals surface area contributed by atoms with Crippen LogP contribution in [0.5, 0.6) is 0 Å². The first-order valence-electron chi connectivity index (χ1n) is 9.59. The molecule has 0 saturated carbocycles. The molecule has 0 spiro atoms. The second-order valence-electron chi connectivity index (χ2n) is 7.39. The van der Waals surface area contributed by atoms with Gasteiger partial charge < -0.3 is 4.57 Å². The van der Waals surface area contributed by atoms with Crippen molar-refractivity contribution in [3.05, 3.63) is 92.1 Å². The molecule has 152 valence electrons. The van der Waals surface area contributed by atoms with Crippen LogP contribution in [-0.2, 0) is 11.3 Å². The van der Waals surface area contributed by atoms with Crippen molar-refractivity contribution in [3.8, 4) is 5.69 Å². The lowest BCUT2D eigenvalue weighted by atomic mass is 10.1. The SMILES string of the molecule is Cc1ccc(CN2C(=O)S/C(=C\c3cc(C)n(-c4ccc(Br)cc4)c3C)C2=O)cc1. The smallest absolute Gasteiger partial charge is 0.293 e. The van der Waals surface area contributed by atoms with Crippen LogP contribution >= 0.6 is 27.7 Å². The molecule has 0 aliphatic carbocycles. The van der Waals surface area contributed by atoms with Gasteiger partial charge in [0.1, 0.15) is 0 Å². The van der Waals surface area contributed by atoms with Crippen molar-refractivity contribution < 1.29 is 9.59 Å². The van der Waals surface area contributed by atoms with Gasteiger partial charge in [0.05, 0.1) is 11.4 Å². The van der Waals surface area contributed by atoms with E-state index in [1.54, 1.807) is 0 Å². The zero-order valence-electron chi connectivity index (χ0n) is 17.0. The van der Waals surface area contributed by atoms with Gasteiger partial charge in [-0.15, -0.1) is 0 Å². The number of rotatable bonds is 4. The summed E-state index contributed by atoms with van der Waals surface area (Å²) < 4.78 is 3.17. The van der Waals surface area contributed by atoms with Crippen molar-refractivity contribution in [1.82, 2.24) is 9.47 Å². The molecular formula is C24H21BrN2O2S. The first-order valence-corrected chi connectivity index (χ1v) is 11.2. The molecule has 0 bridgehead atoms. The second-order valence-corrected chi connectivity index (χ2v) is 9.30. The Kier molecular flexibility index (Phi) is 5.71. The molecule has 2 amide bonds. The highest BCUT2D eigenvalue weighted by Gasteiger charge is 2.35. The molecule has 0 N–H and O–H groups in total. The summed E-state index contributed by atoms with van der Waals surface area (Å²) in [7, 11) is 0. The fourth-order valence-electron chi connectivity index (χ4n) is 3.57. The van der Waals surface area contributed by atoms with Crippen LogP contribution in [0.15, 0.2) is 64.0 Å². The predicted molar refractivity (Wildman–Crippen MR) is 126 cm³/mol. The zero-order chi connectivity index (χ0) is 21.4. The maximum Gasteiger partial charge on any atom is 0.293 e. The number of aromatic nitrogens is 1. The van der Waals surface area contributed by atoms with Crippen molar-refractivity contribution in [1.29, 1.82) is 0 Å². The number of nitrogens with zero attached hydrogens (tertiary/aromatic N) is 2. The van der Waals surface area contributed by atoms with Crippen LogP contribution in [-0.4, -0.2) is 20.6 Å². The van der Waals surface area contributed by atoms with Crippen LogP contribution in [0.2, 0.25) is 0 Å². The molecule has 4 rings (SSSR count). The summed E-state index contributed by atoms with van der Waals surface area (Å²) in [6.45, 7) is 6.37. The lowest BCUT2D eigenvalue weighted by molar-refractivity contribution is -0.123. The van der Waals surface area contributed by atoms with Gasteiger partial charge in [-0.1, -0.05) is 45.8 Å². The number of halogens is 1. The fourth-order valence-corrected chi connectivity index (χ4v) is 4.67. The zero-order valence-corrected chi connectivity index (χ0v) is 19.4. The quantitative estimate of drug-likeness (QED) is 0.405. The maximum atomic E-state index is 12.9. The molecule has 1 aliphatic heterocycles. The van der Waals surface area contributed by atoms with Crippen LogP contribution in [0, 0.1) is 20.8 Å². The Balaban J connectivity index is 1.61. The van der Waals surface area contributed by atoms with E-state index in [9.17, 15) is 9.59 Å². The van der Waals surface area contributed by atoms with E-state index in [0.29, 0.717) is 11.4 Å². The Labute approximate surface area is 188 Å². The summed E-state index contributed by atoms with van der Waals surface area (Å²) in [5.41, 5.74) is 6.18. The van der Waals surface area contributed by atoms with E-state index in [1.165, 1.54) is 4.90 Å². The molecule has 3 aromatic rings. The Morgan fingerprint density at radius 3 is 2.30 bits per heavy atom. The molecule has 1 fully saturated rings. The third kappa shape index (κ3) is 4.02. The Bertz CT molecular complexity index is 1160. The molecule has 1 aliphatic rings. The summed E-state index contributed by atoms with van der Waals surface area (Å²) in [4.78, 5) is 27.2. The van der Waals surface area contributed by atoms with Gasteiger partial charge in [0.25, 0.3) is 11.1 Å².